The molecule has 0 fully saturated rings. The van der Waals surface area contributed by atoms with Crippen molar-refractivity contribution >= 4 is 6.03 Å². The minimum absolute atomic E-state index is 0.236. The Morgan fingerprint density at radius 1 is 1.73 bits per heavy atom. The third-order valence-corrected chi connectivity index (χ3v) is 2.02. The van der Waals surface area contributed by atoms with Gasteiger partial charge in [0, 0.05) is 6.20 Å². The van der Waals surface area contributed by atoms with Gasteiger partial charge < -0.3 is 16.4 Å². The fourth-order valence-electron chi connectivity index (χ4n) is 1.01. The molecule has 0 bridgehead atoms. The predicted molar refractivity (Wildman–Crippen MR) is 42.6 cm³/mol. The maximum absolute atomic E-state index is 10.8. The number of carbonyl (C=O) groups excluding carboxylic acids is 1. The summed E-state index contributed by atoms with van der Waals surface area (Å²) in [5.74, 6) is 0. The van der Waals surface area contributed by atoms with Crippen LogP contribution >= 0.6 is 0 Å². The van der Waals surface area contributed by atoms with Gasteiger partial charge in [0.15, 0.2) is 0 Å². The molecule has 0 saturated carbocycles. The molecule has 2 amide bonds. The summed E-state index contributed by atoms with van der Waals surface area (Å²) in [5.41, 5.74) is 6.15. The molecule has 62 valence electrons. The Morgan fingerprint density at radius 2 is 2.36 bits per heavy atom. The zero-order valence-electron chi connectivity index (χ0n) is 6.77. The Bertz CT molecular complexity index is 212. The van der Waals surface area contributed by atoms with Crippen molar-refractivity contribution in [3.8, 4) is 0 Å². The molecule has 0 aromatic carbocycles. The van der Waals surface area contributed by atoms with Gasteiger partial charge in [-0.05, 0) is 18.9 Å². The molecule has 0 saturated heterocycles. The quantitative estimate of drug-likeness (QED) is 0.508. The summed E-state index contributed by atoms with van der Waals surface area (Å²) in [6, 6.07) is -0.236. The molecule has 1 heterocycles. The van der Waals surface area contributed by atoms with Gasteiger partial charge in [-0.1, -0.05) is 6.92 Å². The standard InChI is InChI=1S/C7H13N3O/c1-3-7(8)5(2)4-9-6(11)10-7/h4H,3,8H2,1-2H3,(H2,9,10,11). The average Bonchev–Trinajstić information content (AvgIpc) is 1.98. The van der Waals surface area contributed by atoms with Gasteiger partial charge >= 0.3 is 6.03 Å². The lowest BCUT2D eigenvalue weighted by atomic mass is 9.99. The number of nitrogens with two attached hydrogens (primary N) is 1. The van der Waals surface area contributed by atoms with Gasteiger partial charge in [0.25, 0.3) is 0 Å². The highest BCUT2D eigenvalue weighted by atomic mass is 16.2. The molecule has 0 aliphatic carbocycles. The number of nitrogens with one attached hydrogen (secondary N) is 2. The van der Waals surface area contributed by atoms with E-state index in [9.17, 15) is 4.79 Å². The van der Waals surface area contributed by atoms with E-state index in [2.05, 4.69) is 10.6 Å². The number of urea groups is 1. The van der Waals surface area contributed by atoms with Crippen LogP contribution < -0.4 is 16.4 Å². The summed E-state index contributed by atoms with van der Waals surface area (Å²) >= 11 is 0. The molecule has 0 radical (unpaired) electrons. The lowest BCUT2D eigenvalue weighted by molar-refractivity contribution is 0.228. The van der Waals surface area contributed by atoms with E-state index in [0.29, 0.717) is 6.42 Å². The molecule has 0 aromatic rings. The molecule has 1 aliphatic heterocycles. The number of rotatable bonds is 1. The van der Waals surface area contributed by atoms with Crippen LogP contribution in [0.5, 0.6) is 0 Å². The second-order valence-corrected chi connectivity index (χ2v) is 2.75. The Morgan fingerprint density at radius 3 is 2.82 bits per heavy atom. The van der Waals surface area contributed by atoms with Crippen molar-refractivity contribution in [2.45, 2.75) is 25.9 Å². The first-order chi connectivity index (χ1) is 5.08. The lowest BCUT2D eigenvalue weighted by Gasteiger charge is -2.33. The largest absolute Gasteiger partial charge is 0.320 e. The van der Waals surface area contributed by atoms with Crippen LogP contribution in [-0.4, -0.2) is 11.7 Å². The van der Waals surface area contributed by atoms with E-state index in [0.717, 1.165) is 5.57 Å². The molecule has 1 aliphatic rings. The summed E-state index contributed by atoms with van der Waals surface area (Å²) in [5, 5.41) is 5.18. The van der Waals surface area contributed by atoms with Crippen molar-refractivity contribution in [1.82, 2.24) is 10.6 Å². The third-order valence-electron chi connectivity index (χ3n) is 2.02. The van der Waals surface area contributed by atoms with Crippen LogP contribution in [0.25, 0.3) is 0 Å². The molecule has 1 unspecified atom stereocenters. The topological polar surface area (TPSA) is 67.1 Å². The maximum Gasteiger partial charge on any atom is 0.320 e. The minimum Gasteiger partial charge on any atom is -0.316 e. The van der Waals surface area contributed by atoms with E-state index in [-0.39, 0.29) is 6.03 Å². The Labute approximate surface area is 65.8 Å². The lowest BCUT2D eigenvalue weighted by Crippen LogP contribution is -2.61. The number of amides is 2. The normalized spacial score (nSPS) is 30.5. The summed E-state index contributed by atoms with van der Waals surface area (Å²) in [6.07, 6.45) is 2.34. The van der Waals surface area contributed by atoms with E-state index in [1.165, 1.54) is 0 Å². The molecule has 1 rings (SSSR count). The summed E-state index contributed by atoms with van der Waals surface area (Å²) in [7, 11) is 0. The van der Waals surface area contributed by atoms with Crippen molar-refractivity contribution in [3.63, 3.8) is 0 Å². The first-order valence-electron chi connectivity index (χ1n) is 3.63. The van der Waals surface area contributed by atoms with Crippen molar-refractivity contribution in [3.05, 3.63) is 11.8 Å². The highest BCUT2D eigenvalue weighted by molar-refractivity contribution is 5.78. The molecule has 11 heavy (non-hydrogen) atoms. The number of carbonyl (C=O) groups is 1. The van der Waals surface area contributed by atoms with Gasteiger partial charge in [-0.25, -0.2) is 4.79 Å². The van der Waals surface area contributed by atoms with E-state index in [1.54, 1.807) is 6.20 Å². The van der Waals surface area contributed by atoms with Gasteiger partial charge in [-0.2, -0.15) is 0 Å². The van der Waals surface area contributed by atoms with Crippen molar-refractivity contribution < 1.29 is 4.79 Å². The van der Waals surface area contributed by atoms with Crippen LogP contribution in [0, 0.1) is 0 Å². The Hall–Kier alpha value is -1.03. The highest BCUT2D eigenvalue weighted by Crippen LogP contribution is 2.15. The van der Waals surface area contributed by atoms with Crippen molar-refractivity contribution in [2.24, 2.45) is 5.73 Å². The van der Waals surface area contributed by atoms with Crippen molar-refractivity contribution in [2.75, 3.05) is 0 Å². The average molecular weight is 155 g/mol. The summed E-state index contributed by atoms with van der Waals surface area (Å²) in [4.78, 5) is 10.8. The SMILES string of the molecule is CCC1(N)NC(=O)NC=C1C. The number of hydrogen-bond donors (Lipinski definition) is 3. The van der Waals surface area contributed by atoms with Crippen LogP contribution in [-0.2, 0) is 0 Å². The molecule has 1 atom stereocenters. The van der Waals surface area contributed by atoms with E-state index >= 15 is 0 Å². The fourth-order valence-corrected chi connectivity index (χ4v) is 1.01. The predicted octanol–water partition coefficient (Wildman–Crippen LogP) is 0.268. The summed E-state index contributed by atoms with van der Waals surface area (Å²) in [6.45, 7) is 3.82. The van der Waals surface area contributed by atoms with Crippen molar-refractivity contribution in [1.29, 1.82) is 0 Å². The fraction of sp³-hybridized carbons (Fsp3) is 0.571. The molecule has 4 nitrogen and oxygen atoms in total. The molecule has 4 heteroatoms. The molecular weight excluding hydrogens is 142 g/mol. The van der Waals surface area contributed by atoms with Crippen LogP contribution in [0.1, 0.15) is 20.3 Å². The van der Waals surface area contributed by atoms with Gasteiger partial charge in [0.2, 0.25) is 0 Å². The van der Waals surface area contributed by atoms with E-state index < -0.39 is 5.66 Å². The van der Waals surface area contributed by atoms with Gasteiger partial charge in [-0.15, -0.1) is 0 Å². The Kier molecular flexibility index (Phi) is 1.87. The van der Waals surface area contributed by atoms with Crippen LogP contribution in [0.2, 0.25) is 0 Å². The smallest absolute Gasteiger partial charge is 0.316 e. The zero-order valence-corrected chi connectivity index (χ0v) is 6.77. The second-order valence-electron chi connectivity index (χ2n) is 2.75. The van der Waals surface area contributed by atoms with E-state index in [1.807, 2.05) is 13.8 Å². The molecular formula is C7H13N3O. The van der Waals surface area contributed by atoms with Crippen LogP contribution in [0.15, 0.2) is 11.8 Å². The van der Waals surface area contributed by atoms with Crippen LogP contribution in [0.3, 0.4) is 0 Å². The number of hydrogen-bond acceptors (Lipinski definition) is 2. The Balaban J connectivity index is 2.87. The molecule has 4 N–H and O–H groups in total. The third kappa shape index (κ3) is 1.35. The minimum atomic E-state index is -0.650. The second kappa shape index (κ2) is 2.54. The summed E-state index contributed by atoms with van der Waals surface area (Å²) < 4.78 is 0. The first-order valence-corrected chi connectivity index (χ1v) is 3.63. The van der Waals surface area contributed by atoms with Gasteiger partial charge in [0.1, 0.15) is 5.66 Å². The highest BCUT2D eigenvalue weighted by Gasteiger charge is 2.29. The molecule has 0 aromatic heterocycles. The van der Waals surface area contributed by atoms with Gasteiger partial charge in [0.05, 0.1) is 0 Å². The maximum atomic E-state index is 10.8. The van der Waals surface area contributed by atoms with Crippen LogP contribution in [0.4, 0.5) is 4.79 Å². The zero-order chi connectivity index (χ0) is 8.48. The van der Waals surface area contributed by atoms with Gasteiger partial charge in [-0.3, -0.25) is 0 Å². The first kappa shape index (κ1) is 8.07. The van der Waals surface area contributed by atoms with E-state index in [4.69, 9.17) is 5.73 Å². The monoisotopic (exact) mass is 155 g/mol. The molecule has 0 spiro atoms.